The summed E-state index contributed by atoms with van der Waals surface area (Å²) < 4.78 is 26.5. The zero-order chi connectivity index (χ0) is 14.9. The minimum atomic E-state index is -3.73. The maximum atomic E-state index is 12.6. The van der Waals surface area contributed by atoms with E-state index in [-0.39, 0.29) is 28.7 Å². The molecule has 1 saturated carbocycles. The van der Waals surface area contributed by atoms with E-state index < -0.39 is 16.0 Å². The van der Waals surface area contributed by atoms with Crippen molar-refractivity contribution in [3.63, 3.8) is 0 Å². The standard InChI is InChI=1S/C13H16N2O4S/c1-2-7-15(10-4-5-10)20(18,19)12-6-3-9(13(16)17)8-11(12)14/h2-3,6,8,10H,1,4-5,7,14H2,(H,16,17). The van der Waals surface area contributed by atoms with Gasteiger partial charge in [-0.15, -0.1) is 6.58 Å². The summed E-state index contributed by atoms with van der Waals surface area (Å²) in [6.45, 7) is 3.78. The van der Waals surface area contributed by atoms with Gasteiger partial charge in [-0.2, -0.15) is 4.31 Å². The topological polar surface area (TPSA) is 101 Å². The normalized spacial score (nSPS) is 15.2. The lowest BCUT2D eigenvalue weighted by molar-refractivity contribution is 0.0697. The SMILES string of the molecule is C=CCN(C1CC1)S(=O)(=O)c1ccc(C(=O)O)cc1N. The van der Waals surface area contributed by atoms with Crippen molar-refractivity contribution in [3.8, 4) is 0 Å². The molecular weight excluding hydrogens is 280 g/mol. The van der Waals surface area contributed by atoms with Crippen LogP contribution in [0.5, 0.6) is 0 Å². The van der Waals surface area contributed by atoms with Crippen molar-refractivity contribution in [2.75, 3.05) is 12.3 Å². The number of hydrogen-bond donors (Lipinski definition) is 2. The first-order chi connectivity index (χ1) is 9.37. The molecule has 0 amide bonds. The van der Waals surface area contributed by atoms with Gasteiger partial charge in [-0.1, -0.05) is 6.08 Å². The van der Waals surface area contributed by atoms with Crippen molar-refractivity contribution in [2.45, 2.75) is 23.8 Å². The van der Waals surface area contributed by atoms with Gasteiger partial charge in [0.05, 0.1) is 11.3 Å². The van der Waals surface area contributed by atoms with Gasteiger partial charge in [0.1, 0.15) is 4.90 Å². The van der Waals surface area contributed by atoms with E-state index in [1.807, 2.05) is 0 Å². The van der Waals surface area contributed by atoms with E-state index in [4.69, 9.17) is 10.8 Å². The van der Waals surface area contributed by atoms with Crippen LogP contribution in [0.15, 0.2) is 35.7 Å². The molecule has 1 aliphatic carbocycles. The lowest BCUT2D eigenvalue weighted by atomic mass is 10.2. The number of nitrogens with zero attached hydrogens (tertiary/aromatic N) is 1. The zero-order valence-electron chi connectivity index (χ0n) is 10.8. The molecule has 0 aliphatic heterocycles. The minimum absolute atomic E-state index is 0.0171. The summed E-state index contributed by atoms with van der Waals surface area (Å²) in [6, 6.07) is 3.63. The third-order valence-electron chi connectivity index (χ3n) is 3.11. The fraction of sp³-hybridized carbons (Fsp3) is 0.308. The largest absolute Gasteiger partial charge is 0.478 e. The Labute approximate surface area is 117 Å². The van der Waals surface area contributed by atoms with Crippen molar-refractivity contribution >= 4 is 21.7 Å². The Bertz CT molecular complexity index is 650. The highest BCUT2D eigenvalue weighted by molar-refractivity contribution is 7.89. The average molecular weight is 296 g/mol. The van der Waals surface area contributed by atoms with E-state index in [9.17, 15) is 13.2 Å². The smallest absolute Gasteiger partial charge is 0.335 e. The van der Waals surface area contributed by atoms with Gasteiger partial charge in [-0.3, -0.25) is 0 Å². The molecule has 108 valence electrons. The van der Waals surface area contributed by atoms with Gasteiger partial charge in [0.25, 0.3) is 0 Å². The summed E-state index contributed by atoms with van der Waals surface area (Å²) in [6.07, 6.45) is 3.16. The number of nitrogen functional groups attached to an aromatic ring is 1. The van der Waals surface area contributed by atoms with Gasteiger partial charge < -0.3 is 10.8 Å². The van der Waals surface area contributed by atoms with E-state index in [1.54, 1.807) is 0 Å². The lowest BCUT2D eigenvalue weighted by Gasteiger charge is -2.21. The quantitative estimate of drug-likeness (QED) is 0.609. The highest BCUT2D eigenvalue weighted by Gasteiger charge is 2.38. The summed E-state index contributed by atoms with van der Waals surface area (Å²) in [4.78, 5) is 10.8. The van der Waals surface area contributed by atoms with Crippen molar-refractivity contribution in [2.24, 2.45) is 0 Å². The molecule has 1 aromatic carbocycles. The van der Waals surface area contributed by atoms with Crippen molar-refractivity contribution in [1.82, 2.24) is 4.31 Å². The summed E-state index contributed by atoms with van der Waals surface area (Å²) in [5.74, 6) is -1.15. The van der Waals surface area contributed by atoms with Crippen LogP contribution in [0.4, 0.5) is 5.69 Å². The zero-order valence-corrected chi connectivity index (χ0v) is 11.6. The van der Waals surface area contributed by atoms with Gasteiger partial charge in [-0.25, -0.2) is 13.2 Å². The lowest BCUT2D eigenvalue weighted by Crippen LogP contribution is -2.33. The van der Waals surface area contributed by atoms with E-state index in [2.05, 4.69) is 6.58 Å². The van der Waals surface area contributed by atoms with Gasteiger partial charge in [0.15, 0.2) is 0 Å². The number of carbonyl (C=O) groups is 1. The number of aromatic carboxylic acids is 1. The molecule has 0 heterocycles. The van der Waals surface area contributed by atoms with Gasteiger partial charge in [0, 0.05) is 12.6 Å². The molecular formula is C13H16N2O4S. The number of sulfonamides is 1. The number of carboxylic acid groups (broad SMARTS) is 1. The predicted molar refractivity (Wildman–Crippen MR) is 74.9 cm³/mol. The van der Waals surface area contributed by atoms with Crippen LogP contribution in [0.2, 0.25) is 0 Å². The summed E-state index contributed by atoms with van der Waals surface area (Å²) >= 11 is 0. The Morgan fingerprint density at radius 2 is 2.15 bits per heavy atom. The highest BCUT2D eigenvalue weighted by atomic mass is 32.2. The van der Waals surface area contributed by atoms with Gasteiger partial charge >= 0.3 is 5.97 Å². The third kappa shape index (κ3) is 2.68. The Balaban J connectivity index is 2.42. The second kappa shape index (κ2) is 5.26. The molecule has 3 N–H and O–H groups in total. The van der Waals surface area contributed by atoms with Crippen LogP contribution in [-0.4, -0.2) is 36.4 Å². The van der Waals surface area contributed by atoms with Crippen LogP contribution >= 0.6 is 0 Å². The number of carboxylic acids is 1. The van der Waals surface area contributed by atoms with Gasteiger partial charge in [-0.05, 0) is 31.0 Å². The van der Waals surface area contributed by atoms with Crippen LogP contribution in [-0.2, 0) is 10.0 Å². The first-order valence-electron chi connectivity index (χ1n) is 6.13. The van der Waals surface area contributed by atoms with Crippen LogP contribution in [0, 0.1) is 0 Å². The van der Waals surface area contributed by atoms with E-state index in [0.717, 1.165) is 18.9 Å². The fourth-order valence-electron chi connectivity index (χ4n) is 1.98. The number of rotatable bonds is 6. The van der Waals surface area contributed by atoms with Crippen molar-refractivity contribution in [1.29, 1.82) is 0 Å². The number of anilines is 1. The second-order valence-electron chi connectivity index (χ2n) is 4.65. The molecule has 0 saturated heterocycles. The van der Waals surface area contributed by atoms with Crippen LogP contribution < -0.4 is 5.73 Å². The van der Waals surface area contributed by atoms with E-state index >= 15 is 0 Å². The third-order valence-corrected chi connectivity index (χ3v) is 5.10. The van der Waals surface area contributed by atoms with Crippen molar-refractivity contribution in [3.05, 3.63) is 36.4 Å². The van der Waals surface area contributed by atoms with Crippen molar-refractivity contribution < 1.29 is 18.3 Å². The molecule has 20 heavy (non-hydrogen) atoms. The molecule has 2 rings (SSSR count). The Morgan fingerprint density at radius 3 is 2.60 bits per heavy atom. The molecule has 0 aromatic heterocycles. The molecule has 1 aliphatic rings. The summed E-state index contributed by atoms with van der Waals surface area (Å²) in [5, 5.41) is 8.87. The van der Waals surface area contributed by atoms with E-state index in [0.29, 0.717) is 0 Å². The molecule has 6 nitrogen and oxygen atoms in total. The average Bonchev–Trinajstić information content (AvgIpc) is 3.19. The number of nitrogens with two attached hydrogens (primary N) is 1. The molecule has 0 spiro atoms. The maximum Gasteiger partial charge on any atom is 0.335 e. The van der Waals surface area contributed by atoms with E-state index in [1.165, 1.54) is 22.5 Å². The Morgan fingerprint density at radius 1 is 1.50 bits per heavy atom. The highest BCUT2D eigenvalue weighted by Crippen LogP contribution is 2.33. The molecule has 1 fully saturated rings. The fourth-order valence-corrected chi connectivity index (χ4v) is 3.73. The monoisotopic (exact) mass is 296 g/mol. The van der Waals surface area contributed by atoms with Crippen LogP contribution in [0.3, 0.4) is 0 Å². The first kappa shape index (κ1) is 14.5. The molecule has 0 bridgehead atoms. The maximum absolute atomic E-state index is 12.6. The number of benzene rings is 1. The second-order valence-corrected chi connectivity index (χ2v) is 6.51. The minimum Gasteiger partial charge on any atom is -0.478 e. The van der Waals surface area contributed by atoms with Crippen LogP contribution in [0.25, 0.3) is 0 Å². The molecule has 0 unspecified atom stereocenters. The molecule has 1 aromatic rings. The van der Waals surface area contributed by atoms with Crippen LogP contribution in [0.1, 0.15) is 23.2 Å². The Hall–Kier alpha value is -1.86. The Kier molecular flexibility index (Phi) is 3.82. The number of hydrogen-bond acceptors (Lipinski definition) is 4. The summed E-state index contributed by atoms with van der Waals surface area (Å²) in [7, 11) is -3.73. The molecule has 0 radical (unpaired) electrons. The molecule has 7 heteroatoms. The summed E-state index contributed by atoms with van der Waals surface area (Å²) in [5.41, 5.74) is 5.61. The first-order valence-corrected chi connectivity index (χ1v) is 7.57. The van der Waals surface area contributed by atoms with Gasteiger partial charge in [0.2, 0.25) is 10.0 Å². The molecule has 0 atom stereocenters. The predicted octanol–water partition coefficient (Wildman–Crippen LogP) is 1.31.